The van der Waals surface area contributed by atoms with E-state index in [1.165, 1.54) is 18.6 Å². The Bertz CT molecular complexity index is 800. The molecule has 0 radical (unpaired) electrons. The zero-order valence-electron chi connectivity index (χ0n) is 15.0. The molecule has 0 aliphatic rings. The smallest absolute Gasteiger partial charge is 0.294 e. The first-order valence-corrected chi connectivity index (χ1v) is 10.4. The van der Waals surface area contributed by atoms with Crippen molar-refractivity contribution in [3.63, 3.8) is 0 Å². The number of hydrogen-bond acceptors (Lipinski definition) is 4. The van der Waals surface area contributed by atoms with Gasteiger partial charge in [0.1, 0.15) is 10.6 Å². The average molecular weight is 378 g/mol. The monoisotopic (exact) mass is 378 g/mol. The normalized spacial score (nSPS) is 11.5. The summed E-state index contributed by atoms with van der Waals surface area (Å²) in [5, 5.41) is 10.5. The average Bonchev–Trinajstić information content (AvgIpc) is 2.60. The number of unbranched alkanes of at least 4 members (excludes halogenated alkanes) is 5. The molecule has 0 bridgehead atoms. The van der Waals surface area contributed by atoms with Crippen molar-refractivity contribution < 1.29 is 22.8 Å². The third-order valence-corrected chi connectivity index (χ3v) is 5.17. The molecule has 2 aromatic carbocycles. The molecule has 0 aliphatic carbocycles. The highest BCUT2D eigenvalue weighted by Gasteiger charge is 2.21. The van der Waals surface area contributed by atoms with Crippen LogP contribution in [0.25, 0.3) is 0 Å². The van der Waals surface area contributed by atoms with E-state index >= 15 is 0 Å². The largest absolute Gasteiger partial charge is 0.504 e. The van der Waals surface area contributed by atoms with E-state index in [0.29, 0.717) is 12.2 Å². The highest BCUT2D eigenvalue weighted by molar-refractivity contribution is 7.85. The van der Waals surface area contributed by atoms with Crippen LogP contribution in [0.1, 0.15) is 51.0 Å². The van der Waals surface area contributed by atoms with Gasteiger partial charge in [-0.15, -0.1) is 0 Å². The van der Waals surface area contributed by atoms with Crippen molar-refractivity contribution >= 4 is 10.1 Å². The Kier molecular flexibility index (Phi) is 7.48. The van der Waals surface area contributed by atoms with Crippen molar-refractivity contribution in [3.05, 3.63) is 48.0 Å². The van der Waals surface area contributed by atoms with Gasteiger partial charge in [-0.25, -0.2) is 0 Å². The molecule has 0 aromatic heterocycles. The third kappa shape index (κ3) is 5.75. The summed E-state index contributed by atoms with van der Waals surface area (Å²) in [6.07, 6.45) is 6.58. The van der Waals surface area contributed by atoms with Crippen LogP contribution in [-0.2, 0) is 16.5 Å². The zero-order valence-corrected chi connectivity index (χ0v) is 15.8. The molecule has 0 fully saturated rings. The van der Waals surface area contributed by atoms with Crippen LogP contribution in [0.3, 0.4) is 0 Å². The summed E-state index contributed by atoms with van der Waals surface area (Å²) in [5.74, 6) is 0.468. The van der Waals surface area contributed by atoms with Crippen LogP contribution in [0.5, 0.6) is 17.2 Å². The van der Waals surface area contributed by atoms with Crippen molar-refractivity contribution in [1.82, 2.24) is 0 Å². The van der Waals surface area contributed by atoms with Gasteiger partial charge in [0, 0.05) is 5.56 Å². The summed E-state index contributed by atoms with van der Waals surface area (Å²) in [4.78, 5) is -0.260. The van der Waals surface area contributed by atoms with Gasteiger partial charge >= 0.3 is 0 Å². The first kappa shape index (κ1) is 20.3. The molecular formula is C20H26O5S. The summed E-state index contributed by atoms with van der Waals surface area (Å²) in [7, 11) is -4.41. The molecule has 2 aromatic rings. The second kappa shape index (κ2) is 9.59. The molecule has 142 valence electrons. The minimum absolute atomic E-state index is 0.171. The predicted octanol–water partition coefficient (Wildman–Crippen LogP) is 5.33. The van der Waals surface area contributed by atoms with Gasteiger partial charge in [0.15, 0.2) is 11.5 Å². The summed E-state index contributed by atoms with van der Waals surface area (Å²) >= 11 is 0. The summed E-state index contributed by atoms with van der Waals surface area (Å²) in [6, 6.07) is 11.6. The molecule has 2 rings (SSSR count). The van der Waals surface area contributed by atoms with E-state index < -0.39 is 10.1 Å². The number of hydrogen-bond donors (Lipinski definition) is 2. The van der Waals surface area contributed by atoms with Crippen LogP contribution in [-0.4, -0.2) is 18.1 Å². The van der Waals surface area contributed by atoms with Crippen molar-refractivity contribution in [3.8, 4) is 17.2 Å². The highest BCUT2D eigenvalue weighted by atomic mass is 32.2. The summed E-state index contributed by atoms with van der Waals surface area (Å²) < 4.78 is 38.4. The van der Waals surface area contributed by atoms with Crippen LogP contribution in [0, 0.1) is 0 Å². The van der Waals surface area contributed by atoms with E-state index in [4.69, 9.17) is 4.74 Å². The van der Waals surface area contributed by atoms with Gasteiger partial charge in [-0.3, -0.25) is 4.55 Å². The Labute approximate surface area is 155 Å². The fourth-order valence-corrected chi connectivity index (χ4v) is 3.61. The minimum atomic E-state index is -4.41. The van der Waals surface area contributed by atoms with E-state index in [1.54, 1.807) is 24.3 Å². The van der Waals surface area contributed by atoms with E-state index in [0.717, 1.165) is 32.1 Å². The first-order chi connectivity index (χ1) is 12.4. The fraction of sp³-hybridized carbons (Fsp3) is 0.400. The second-order valence-corrected chi connectivity index (χ2v) is 7.69. The lowest BCUT2D eigenvalue weighted by Crippen LogP contribution is -2.04. The lowest BCUT2D eigenvalue weighted by Gasteiger charge is -2.14. The molecule has 26 heavy (non-hydrogen) atoms. The van der Waals surface area contributed by atoms with Gasteiger partial charge in [0.25, 0.3) is 10.1 Å². The van der Waals surface area contributed by atoms with Gasteiger partial charge in [-0.2, -0.15) is 8.42 Å². The second-order valence-electron chi connectivity index (χ2n) is 6.30. The molecule has 0 amide bonds. The molecule has 2 N–H and O–H groups in total. The quantitative estimate of drug-likeness (QED) is 0.431. The molecule has 0 spiro atoms. The number of benzene rings is 2. The van der Waals surface area contributed by atoms with E-state index in [-0.39, 0.29) is 22.0 Å². The Balaban J connectivity index is 2.20. The summed E-state index contributed by atoms with van der Waals surface area (Å²) in [6.45, 7) is 2.15. The maximum atomic E-state index is 11.7. The van der Waals surface area contributed by atoms with Crippen LogP contribution in [0.4, 0.5) is 0 Å². The van der Waals surface area contributed by atoms with Crippen LogP contribution in [0.15, 0.2) is 47.4 Å². The Morgan fingerprint density at radius 1 is 0.923 bits per heavy atom. The Morgan fingerprint density at radius 2 is 1.58 bits per heavy atom. The van der Waals surface area contributed by atoms with Gasteiger partial charge in [0.2, 0.25) is 0 Å². The number of aromatic hydroxyl groups is 1. The fourth-order valence-electron chi connectivity index (χ4n) is 2.86. The number of ether oxygens (including phenoxy) is 1. The third-order valence-electron chi connectivity index (χ3n) is 4.23. The van der Waals surface area contributed by atoms with Crippen molar-refractivity contribution in [2.45, 2.75) is 56.8 Å². The number of rotatable bonds is 10. The van der Waals surface area contributed by atoms with Crippen molar-refractivity contribution in [1.29, 1.82) is 0 Å². The number of phenols is 1. The van der Waals surface area contributed by atoms with Crippen LogP contribution in [0.2, 0.25) is 0 Å². The number of phenolic OH excluding ortho intramolecular Hbond substituents is 1. The van der Waals surface area contributed by atoms with E-state index in [1.807, 2.05) is 6.07 Å². The molecule has 5 nitrogen and oxygen atoms in total. The van der Waals surface area contributed by atoms with E-state index in [2.05, 4.69) is 6.92 Å². The standard InChI is InChI=1S/C20H26O5S/c1-2-3-4-5-6-10-13-17-19(26(22,23)24)15-14-18(20(17)21)25-16-11-8-7-9-12-16/h7-9,11-12,14-15,21H,2-6,10,13H2,1H3,(H,22,23,24). The van der Waals surface area contributed by atoms with Gasteiger partial charge in [-0.05, 0) is 37.1 Å². The predicted molar refractivity (Wildman–Crippen MR) is 102 cm³/mol. The SMILES string of the molecule is CCCCCCCCc1c(S(=O)(=O)O)ccc(Oc2ccccc2)c1O. The minimum Gasteiger partial charge on any atom is -0.504 e. The van der Waals surface area contributed by atoms with Gasteiger partial charge in [-0.1, -0.05) is 57.2 Å². The van der Waals surface area contributed by atoms with Crippen LogP contribution < -0.4 is 4.74 Å². The van der Waals surface area contributed by atoms with Gasteiger partial charge < -0.3 is 9.84 Å². The van der Waals surface area contributed by atoms with E-state index in [9.17, 15) is 18.1 Å². The summed E-state index contributed by atoms with van der Waals surface area (Å²) in [5.41, 5.74) is 0.205. The van der Waals surface area contributed by atoms with Crippen molar-refractivity contribution in [2.24, 2.45) is 0 Å². The molecule has 0 heterocycles. The zero-order chi connectivity index (χ0) is 19.0. The maximum absolute atomic E-state index is 11.7. The molecule has 0 aliphatic heterocycles. The Morgan fingerprint density at radius 3 is 2.23 bits per heavy atom. The van der Waals surface area contributed by atoms with Crippen molar-refractivity contribution in [2.75, 3.05) is 0 Å². The molecule has 0 atom stereocenters. The Hall–Kier alpha value is -2.05. The first-order valence-electron chi connectivity index (χ1n) is 8.98. The molecular weight excluding hydrogens is 352 g/mol. The van der Waals surface area contributed by atoms with Gasteiger partial charge in [0.05, 0.1) is 0 Å². The molecule has 0 unspecified atom stereocenters. The molecule has 0 saturated heterocycles. The maximum Gasteiger partial charge on any atom is 0.294 e. The van der Waals surface area contributed by atoms with Crippen LogP contribution >= 0.6 is 0 Å². The lowest BCUT2D eigenvalue weighted by molar-refractivity contribution is 0.402. The highest BCUT2D eigenvalue weighted by Crippen LogP contribution is 2.38. The lowest BCUT2D eigenvalue weighted by atomic mass is 10.0. The number of para-hydroxylation sites is 1. The topological polar surface area (TPSA) is 83.8 Å². The molecule has 6 heteroatoms. The molecule has 0 saturated carbocycles.